The van der Waals surface area contributed by atoms with E-state index >= 15 is 0 Å². The standard InChI is InChI=1S/C36H28FNO5/c1-3-43-29-14-7-6-13-27(29)31-32(33(39)22-9-8-10-24(20-22)42-2)38-28-17-16-23(37)19-21(28)15-18-30(38)36(31)34(40)25-11-4-5-12-26(25)35(36)41/h4-20,30-32H,3H2,1-2H3/t30-,31+,32+/m0/s1. The second-order valence-electron chi connectivity index (χ2n) is 11.0. The summed E-state index contributed by atoms with van der Waals surface area (Å²) in [5, 5.41) is 0. The first-order valence-corrected chi connectivity index (χ1v) is 14.3. The summed E-state index contributed by atoms with van der Waals surface area (Å²) in [4.78, 5) is 46.3. The first kappa shape index (κ1) is 26.8. The third-order valence-corrected chi connectivity index (χ3v) is 8.94. The Labute approximate surface area is 248 Å². The van der Waals surface area contributed by atoms with Crippen molar-refractivity contribution >= 4 is 29.1 Å². The highest BCUT2D eigenvalue weighted by Crippen LogP contribution is 2.62. The highest BCUT2D eigenvalue weighted by Gasteiger charge is 2.72. The lowest BCUT2D eigenvalue weighted by Gasteiger charge is -2.37. The van der Waals surface area contributed by atoms with E-state index in [4.69, 9.17) is 9.47 Å². The van der Waals surface area contributed by atoms with Crippen molar-refractivity contribution in [2.75, 3.05) is 18.6 Å². The minimum absolute atomic E-state index is 0.292. The highest BCUT2D eigenvalue weighted by atomic mass is 19.1. The zero-order valence-electron chi connectivity index (χ0n) is 23.6. The largest absolute Gasteiger partial charge is 0.497 e. The van der Waals surface area contributed by atoms with Crippen LogP contribution in [0.1, 0.15) is 55.0 Å². The molecule has 0 saturated carbocycles. The number of fused-ring (bicyclic) bond motifs is 5. The van der Waals surface area contributed by atoms with Gasteiger partial charge < -0.3 is 14.4 Å². The van der Waals surface area contributed by atoms with Crippen LogP contribution in [0.4, 0.5) is 10.1 Å². The van der Waals surface area contributed by atoms with E-state index in [2.05, 4.69) is 0 Å². The number of anilines is 1. The van der Waals surface area contributed by atoms with Crippen LogP contribution in [0.15, 0.2) is 97.1 Å². The fraction of sp³-hybridized carbons (Fsp3) is 0.194. The molecule has 0 bridgehead atoms. The number of rotatable bonds is 6. The molecular weight excluding hydrogens is 545 g/mol. The molecule has 2 heterocycles. The summed E-state index contributed by atoms with van der Waals surface area (Å²) >= 11 is 0. The quantitative estimate of drug-likeness (QED) is 0.192. The minimum atomic E-state index is -1.68. The number of Topliss-reactive ketones (excluding diaryl/α,β-unsaturated/α-hetero) is 3. The Morgan fingerprint density at radius 3 is 2.35 bits per heavy atom. The van der Waals surface area contributed by atoms with E-state index in [-0.39, 0.29) is 17.3 Å². The molecular formula is C36H28FNO5. The molecule has 7 rings (SSSR count). The van der Waals surface area contributed by atoms with Gasteiger partial charge in [-0.2, -0.15) is 0 Å². The Bertz CT molecular complexity index is 1810. The summed E-state index contributed by atoms with van der Waals surface area (Å²) in [5.74, 6) is -1.33. The second-order valence-corrected chi connectivity index (χ2v) is 11.0. The number of halogens is 1. The van der Waals surface area contributed by atoms with Gasteiger partial charge in [0.25, 0.3) is 0 Å². The summed E-state index contributed by atoms with van der Waals surface area (Å²) in [6.07, 6.45) is 3.52. The molecule has 7 heteroatoms. The maximum atomic E-state index is 14.9. The fourth-order valence-corrected chi connectivity index (χ4v) is 7.26. The van der Waals surface area contributed by atoms with Crippen molar-refractivity contribution in [3.63, 3.8) is 0 Å². The number of benzene rings is 4. The van der Waals surface area contributed by atoms with Crippen LogP contribution in [0, 0.1) is 11.2 Å². The van der Waals surface area contributed by atoms with Crippen molar-refractivity contribution in [3.8, 4) is 11.5 Å². The van der Waals surface area contributed by atoms with Crippen molar-refractivity contribution < 1.29 is 28.2 Å². The number of para-hydroxylation sites is 1. The minimum Gasteiger partial charge on any atom is -0.497 e. The van der Waals surface area contributed by atoms with E-state index in [0.717, 1.165) is 0 Å². The molecule has 43 heavy (non-hydrogen) atoms. The van der Waals surface area contributed by atoms with Crippen molar-refractivity contribution in [2.45, 2.75) is 24.9 Å². The van der Waals surface area contributed by atoms with Crippen LogP contribution in [-0.2, 0) is 0 Å². The van der Waals surface area contributed by atoms with E-state index in [1.54, 1.807) is 72.8 Å². The molecule has 1 saturated heterocycles. The second kappa shape index (κ2) is 10.1. The van der Waals surface area contributed by atoms with Gasteiger partial charge in [-0.05, 0) is 43.3 Å². The van der Waals surface area contributed by atoms with Crippen LogP contribution < -0.4 is 14.4 Å². The molecule has 4 aromatic carbocycles. The zero-order valence-corrected chi connectivity index (χ0v) is 23.6. The number of ketones is 3. The third kappa shape index (κ3) is 3.74. The van der Waals surface area contributed by atoms with Crippen LogP contribution in [0.5, 0.6) is 11.5 Å². The lowest BCUT2D eigenvalue weighted by atomic mass is 9.64. The van der Waals surface area contributed by atoms with Crippen LogP contribution in [0.3, 0.4) is 0 Å². The smallest absolute Gasteiger partial charge is 0.186 e. The van der Waals surface area contributed by atoms with E-state index < -0.39 is 29.2 Å². The van der Waals surface area contributed by atoms with Crippen LogP contribution >= 0.6 is 0 Å². The molecule has 0 N–H and O–H groups in total. The topological polar surface area (TPSA) is 72.9 Å². The van der Waals surface area contributed by atoms with Gasteiger partial charge in [-0.25, -0.2) is 4.39 Å². The van der Waals surface area contributed by atoms with Crippen molar-refractivity contribution in [2.24, 2.45) is 5.41 Å². The van der Waals surface area contributed by atoms with Gasteiger partial charge >= 0.3 is 0 Å². The molecule has 3 atom stereocenters. The molecule has 2 aliphatic heterocycles. The first-order chi connectivity index (χ1) is 20.9. The molecule has 4 aromatic rings. The molecule has 1 fully saturated rings. The van der Waals surface area contributed by atoms with Gasteiger partial charge in [-0.3, -0.25) is 14.4 Å². The lowest BCUT2D eigenvalue weighted by Crippen LogP contribution is -2.48. The number of hydrogen-bond acceptors (Lipinski definition) is 6. The maximum Gasteiger partial charge on any atom is 0.186 e. The highest BCUT2D eigenvalue weighted by molar-refractivity contribution is 6.32. The molecule has 0 unspecified atom stereocenters. The monoisotopic (exact) mass is 573 g/mol. The van der Waals surface area contributed by atoms with E-state index in [1.165, 1.54) is 19.2 Å². The predicted octanol–water partition coefficient (Wildman–Crippen LogP) is 6.55. The Hall–Kier alpha value is -5.04. The molecule has 214 valence electrons. The Morgan fingerprint density at radius 1 is 0.907 bits per heavy atom. The Kier molecular flexibility index (Phi) is 6.27. The average Bonchev–Trinajstić information content (AvgIpc) is 3.47. The summed E-state index contributed by atoms with van der Waals surface area (Å²) in [6.45, 7) is 2.21. The zero-order chi connectivity index (χ0) is 29.9. The van der Waals surface area contributed by atoms with Crippen LogP contribution in [-0.4, -0.2) is 43.2 Å². The first-order valence-electron chi connectivity index (χ1n) is 14.3. The molecule has 3 aliphatic rings. The van der Waals surface area contributed by atoms with E-state index in [1.807, 2.05) is 30.0 Å². The number of ether oxygens (including phenoxy) is 2. The third-order valence-electron chi connectivity index (χ3n) is 8.94. The summed E-state index contributed by atoms with van der Waals surface area (Å²) in [6, 6.07) is 23.5. The lowest BCUT2D eigenvalue weighted by molar-refractivity contribution is 0.0664. The van der Waals surface area contributed by atoms with Crippen molar-refractivity contribution in [3.05, 3.63) is 131 Å². The van der Waals surface area contributed by atoms with Crippen LogP contribution in [0.25, 0.3) is 6.08 Å². The van der Waals surface area contributed by atoms with Gasteiger partial charge in [0.2, 0.25) is 0 Å². The fourth-order valence-electron chi connectivity index (χ4n) is 7.26. The summed E-state index contributed by atoms with van der Waals surface area (Å²) in [5.41, 5.74) is 1.07. The molecule has 0 aromatic heterocycles. The van der Waals surface area contributed by atoms with Gasteiger partial charge in [-0.1, -0.05) is 66.7 Å². The Morgan fingerprint density at radius 2 is 1.63 bits per heavy atom. The molecule has 1 aliphatic carbocycles. The van der Waals surface area contributed by atoms with Gasteiger partial charge in [0.1, 0.15) is 28.8 Å². The number of nitrogens with zero attached hydrogens (tertiary/aromatic N) is 1. The summed E-state index contributed by atoms with van der Waals surface area (Å²) in [7, 11) is 1.53. The maximum absolute atomic E-state index is 14.9. The normalized spacial score (nSPS) is 21.0. The number of carbonyl (C=O) groups excluding carboxylic acids is 3. The molecule has 0 amide bonds. The van der Waals surface area contributed by atoms with Crippen molar-refractivity contribution in [1.82, 2.24) is 0 Å². The molecule has 0 radical (unpaired) electrons. The predicted molar refractivity (Wildman–Crippen MR) is 161 cm³/mol. The van der Waals surface area contributed by atoms with Gasteiger partial charge in [0.05, 0.1) is 19.8 Å². The number of hydrogen-bond donors (Lipinski definition) is 0. The average molecular weight is 574 g/mol. The van der Waals surface area contributed by atoms with Gasteiger partial charge in [0.15, 0.2) is 17.3 Å². The van der Waals surface area contributed by atoms with Crippen LogP contribution in [0.2, 0.25) is 0 Å². The van der Waals surface area contributed by atoms with Gasteiger partial charge in [0, 0.05) is 39.4 Å². The van der Waals surface area contributed by atoms with E-state index in [9.17, 15) is 18.8 Å². The molecule has 1 spiro atoms. The van der Waals surface area contributed by atoms with Gasteiger partial charge in [-0.15, -0.1) is 0 Å². The number of methoxy groups -OCH3 is 1. The SMILES string of the molecule is CCOc1ccccc1[C@@H]1[C@H](C(=O)c2cccc(OC)c2)N2c3ccc(F)cc3C=C[C@H]2C12C(=O)c1ccccc1C2=O. The number of carbonyl (C=O) groups is 3. The Balaban J connectivity index is 1.56. The molecule has 6 nitrogen and oxygen atoms in total. The van der Waals surface area contributed by atoms with Crippen molar-refractivity contribution in [1.29, 1.82) is 0 Å². The summed E-state index contributed by atoms with van der Waals surface area (Å²) < 4.78 is 26.0. The van der Waals surface area contributed by atoms with E-state index in [0.29, 0.717) is 51.6 Å².